The van der Waals surface area contributed by atoms with Gasteiger partial charge in [0.25, 0.3) is 4.60 Å². The largest absolute Gasteiger partial charge is 0.298 e. The normalized spacial score (nSPS) is 9.56. The Hall–Kier alpha value is -0.570. The molecule has 1 rings (SSSR count). The second-order valence-corrected chi connectivity index (χ2v) is 2.69. The molecule has 0 fully saturated rings. The van der Waals surface area contributed by atoms with Gasteiger partial charge in [-0.1, -0.05) is 0 Å². The molecule has 0 saturated heterocycles. The van der Waals surface area contributed by atoms with Crippen LogP contribution in [0.4, 0.5) is 0 Å². The van der Waals surface area contributed by atoms with Crippen molar-refractivity contribution in [1.29, 1.82) is 0 Å². The van der Waals surface area contributed by atoms with E-state index in [4.69, 9.17) is 5.21 Å². The Morgan fingerprint density at radius 3 is 2.67 bits per heavy atom. The van der Waals surface area contributed by atoms with Crippen LogP contribution >= 0.6 is 15.9 Å². The number of aromatic nitrogens is 1. The molecule has 0 unspecified atom stereocenters. The van der Waals surface area contributed by atoms with E-state index in [2.05, 4.69) is 15.9 Å². The van der Waals surface area contributed by atoms with Gasteiger partial charge < -0.3 is 0 Å². The van der Waals surface area contributed by atoms with Gasteiger partial charge in [-0.25, -0.2) is 0 Å². The number of halogens is 1. The van der Waals surface area contributed by atoms with Gasteiger partial charge in [-0.3, -0.25) is 5.21 Å². The highest BCUT2D eigenvalue weighted by Gasteiger charge is 2.02. The molecule has 1 aromatic rings. The number of aryl methyl sites for hydroxylation is 1. The molecule has 0 aromatic carbocycles. The van der Waals surface area contributed by atoms with Crippen LogP contribution in [0.25, 0.3) is 0 Å². The third-order valence-electron chi connectivity index (χ3n) is 1.03. The minimum absolute atomic E-state index is 0.660. The summed E-state index contributed by atoms with van der Waals surface area (Å²) in [6.45, 7) is 1.92. The lowest BCUT2D eigenvalue weighted by Crippen LogP contribution is -2.31. The topological polar surface area (TPSA) is 24.1 Å². The van der Waals surface area contributed by atoms with Crippen LogP contribution in [-0.2, 0) is 0 Å². The summed E-state index contributed by atoms with van der Waals surface area (Å²) in [6, 6.07) is 3.70. The molecule has 0 saturated carbocycles. The van der Waals surface area contributed by atoms with E-state index in [1.54, 1.807) is 12.3 Å². The number of nitrogens with zero attached hydrogens (tertiary/aromatic N) is 1. The molecule has 0 bridgehead atoms. The van der Waals surface area contributed by atoms with E-state index in [-0.39, 0.29) is 0 Å². The molecule has 1 N–H and O–H groups in total. The minimum Gasteiger partial charge on any atom is -0.284 e. The van der Waals surface area contributed by atoms with E-state index in [9.17, 15) is 0 Å². The molecular formula is C6H7BrNO+. The zero-order chi connectivity index (χ0) is 6.85. The van der Waals surface area contributed by atoms with Crippen molar-refractivity contribution < 1.29 is 9.94 Å². The van der Waals surface area contributed by atoms with Crippen LogP contribution in [0.3, 0.4) is 0 Å². The Morgan fingerprint density at radius 2 is 2.22 bits per heavy atom. The average molecular weight is 189 g/mol. The molecule has 0 aliphatic heterocycles. The predicted molar refractivity (Wildman–Crippen MR) is 36.3 cm³/mol. The maximum absolute atomic E-state index is 8.97. The highest BCUT2D eigenvalue weighted by Crippen LogP contribution is 2.01. The fourth-order valence-corrected chi connectivity index (χ4v) is 0.809. The van der Waals surface area contributed by atoms with Crippen LogP contribution in [0.5, 0.6) is 0 Å². The highest BCUT2D eigenvalue weighted by atomic mass is 79.9. The maximum atomic E-state index is 8.97. The minimum atomic E-state index is 0.660. The molecule has 9 heavy (non-hydrogen) atoms. The van der Waals surface area contributed by atoms with E-state index < -0.39 is 0 Å². The molecule has 0 amide bonds. The quantitative estimate of drug-likeness (QED) is 0.371. The first-order valence-corrected chi connectivity index (χ1v) is 3.36. The van der Waals surface area contributed by atoms with Crippen LogP contribution < -0.4 is 4.73 Å². The molecule has 0 aliphatic rings. The van der Waals surface area contributed by atoms with Gasteiger partial charge in [-0.15, -0.1) is 0 Å². The summed E-state index contributed by atoms with van der Waals surface area (Å²) in [6.07, 6.45) is 1.63. The number of pyridine rings is 1. The first kappa shape index (κ1) is 6.55. The molecule has 2 nitrogen and oxygen atoms in total. The maximum Gasteiger partial charge on any atom is 0.298 e. The van der Waals surface area contributed by atoms with Gasteiger partial charge >= 0.3 is 0 Å². The van der Waals surface area contributed by atoms with Crippen molar-refractivity contribution >= 4 is 15.9 Å². The van der Waals surface area contributed by atoms with Crippen molar-refractivity contribution in [2.45, 2.75) is 6.92 Å². The number of hydrogen-bond acceptors (Lipinski definition) is 1. The lowest BCUT2D eigenvalue weighted by molar-refractivity contribution is -0.913. The summed E-state index contributed by atoms with van der Waals surface area (Å²) in [7, 11) is 0. The Kier molecular flexibility index (Phi) is 1.71. The summed E-state index contributed by atoms with van der Waals surface area (Å²) in [5, 5.41) is 8.97. The van der Waals surface area contributed by atoms with Gasteiger partial charge in [0.05, 0.1) is 0 Å². The number of rotatable bonds is 0. The first-order valence-electron chi connectivity index (χ1n) is 2.57. The lowest BCUT2D eigenvalue weighted by atomic mass is 10.3. The summed E-state index contributed by atoms with van der Waals surface area (Å²) in [5.74, 6) is 0. The molecule has 0 radical (unpaired) electrons. The van der Waals surface area contributed by atoms with Crippen molar-refractivity contribution in [3.05, 3.63) is 28.5 Å². The SMILES string of the molecule is Cc1ccc(Br)[n+](O)c1. The summed E-state index contributed by atoms with van der Waals surface area (Å²) < 4.78 is 1.70. The summed E-state index contributed by atoms with van der Waals surface area (Å²) in [5.41, 5.74) is 1.03. The third-order valence-corrected chi connectivity index (χ3v) is 1.66. The van der Waals surface area contributed by atoms with Gasteiger partial charge in [0.2, 0.25) is 6.20 Å². The van der Waals surface area contributed by atoms with Crippen molar-refractivity contribution in [2.24, 2.45) is 0 Å². The molecular weight excluding hydrogens is 182 g/mol. The summed E-state index contributed by atoms with van der Waals surface area (Å²) in [4.78, 5) is 0. The Labute approximate surface area is 61.8 Å². The van der Waals surface area contributed by atoms with Gasteiger partial charge in [0.15, 0.2) is 0 Å². The van der Waals surface area contributed by atoms with Gasteiger partial charge in [-0.2, -0.15) is 0 Å². The lowest BCUT2D eigenvalue weighted by Gasteiger charge is -1.87. The van der Waals surface area contributed by atoms with Crippen LogP contribution in [0.1, 0.15) is 5.56 Å². The third kappa shape index (κ3) is 1.42. The van der Waals surface area contributed by atoms with Gasteiger partial charge in [-0.05, 0) is 13.0 Å². The van der Waals surface area contributed by atoms with Crippen LogP contribution in [-0.4, -0.2) is 5.21 Å². The van der Waals surface area contributed by atoms with Crippen LogP contribution in [0, 0.1) is 6.92 Å². The smallest absolute Gasteiger partial charge is 0.284 e. The molecule has 1 aromatic heterocycles. The molecule has 1 heterocycles. The fourth-order valence-electron chi connectivity index (χ4n) is 0.574. The molecule has 3 heteroatoms. The Morgan fingerprint density at radius 1 is 1.56 bits per heavy atom. The van der Waals surface area contributed by atoms with E-state index in [0.717, 1.165) is 10.3 Å². The van der Waals surface area contributed by atoms with E-state index >= 15 is 0 Å². The standard InChI is InChI=1S/C6H7BrNO/c1-5-2-3-6(7)8(9)4-5/h2-4,9H,1H3/q+1. The Bertz CT molecular complexity index is 224. The molecule has 0 spiro atoms. The molecule has 0 aliphatic carbocycles. The zero-order valence-electron chi connectivity index (χ0n) is 5.00. The van der Waals surface area contributed by atoms with Crippen LogP contribution in [0.15, 0.2) is 22.9 Å². The molecule has 0 atom stereocenters. The van der Waals surface area contributed by atoms with Crippen molar-refractivity contribution in [3.8, 4) is 0 Å². The second-order valence-electron chi connectivity index (χ2n) is 1.87. The van der Waals surface area contributed by atoms with E-state index in [1.807, 2.05) is 13.0 Å². The first-order chi connectivity index (χ1) is 4.20. The van der Waals surface area contributed by atoms with Crippen LogP contribution in [0.2, 0.25) is 0 Å². The highest BCUT2D eigenvalue weighted by molar-refractivity contribution is 9.10. The number of hydrogen-bond donors (Lipinski definition) is 1. The van der Waals surface area contributed by atoms with Crippen molar-refractivity contribution in [2.75, 3.05) is 0 Å². The van der Waals surface area contributed by atoms with Gasteiger partial charge in [0.1, 0.15) is 0 Å². The zero-order valence-corrected chi connectivity index (χ0v) is 6.59. The Balaban J connectivity index is 3.17. The fraction of sp³-hybridized carbons (Fsp3) is 0.167. The van der Waals surface area contributed by atoms with Gasteiger partial charge in [0, 0.05) is 32.3 Å². The average Bonchev–Trinajstić information content (AvgIpc) is 1.80. The molecule has 48 valence electrons. The monoisotopic (exact) mass is 188 g/mol. The predicted octanol–water partition coefficient (Wildman–Crippen LogP) is 1.28. The second kappa shape index (κ2) is 2.35. The summed E-state index contributed by atoms with van der Waals surface area (Å²) >= 11 is 3.14. The van der Waals surface area contributed by atoms with E-state index in [0.29, 0.717) is 4.60 Å². The van der Waals surface area contributed by atoms with Crippen molar-refractivity contribution in [3.63, 3.8) is 0 Å². The van der Waals surface area contributed by atoms with Crippen molar-refractivity contribution in [1.82, 2.24) is 0 Å². The van der Waals surface area contributed by atoms with E-state index in [1.165, 1.54) is 0 Å².